The molecule has 4 rings (SSSR count). The van der Waals surface area contributed by atoms with Gasteiger partial charge in [0.25, 0.3) is 0 Å². The van der Waals surface area contributed by atoms with E-state index in [-0.39, 0.29) is 52.1 Å². The van der Waals surface area contributed by atoms with Crippen LogP contribution in [-0.4, -0.2) is 50.8 Å². The van der Waals surface area contributed by atoms with E-state index in [4.69, 9.17) is 4.74 Å². The second-order valence-corrected chi connectivity index (χ2v) is 9.74. The maximum Gasteiger partial charge on any atom is -0.147 e. The number of nitro benzene ring substituents is 1. The van der Waals surface area contributed by atoms with Crippen LogP contribution in [0.15, 0.2) is 30.3 Å². The number of hydrogen-bond acceptors (Lipinski definition) is 6. The van der Waals surface area contributed by atoms with E-state index in [1.54, 1.807) is 0 Å². The molecule has 7 nitrogen and oxygen atoms in total. The summed E-state index contributed by atoms with van der Waals surface area (Å²) in [5.74, 6) is 0.515. The first-order valence-electron chi connectivity index (χ1n) is 8.81. The molecule has 0 radical (unpaired) electrons. The van der Waals surface area contributed by atoms with E-state index < -0.39 is 9.55 Å². The van der Waals surface area contributed by atoms with Crippen LogP contribution in [0.5, 0.6) is 5.75 Å². The van der Waals surface area contributed by atoms with E-state index in [0.717, 1.165) is 5.69 Å². The number of ether oxygens (including phenoxy) is 1. The van der Waals surface area contributed by atoms with Gasteiger partial charge in [-0.1, -0.05) is 0 Å². The Morgan fingerprint density at radius 1 is 1.27 bits per heavy atom. The smallest absolute Gasteiger partial charge is 0.147 e. The van der Waals surface area contributed by atoms with Gasteiger partial charge in [0, 0.05) is 0 Å². The molecule has 0 amide bonds. The molecule has 1 N–H and O–H groups in total. The third-order valence-corrected chi connectivity index (χ3v) is 7.92. The topological polar surface area (TPSA) is 79.1 Å². The summed E-state index contributed by atoms with van der Waals surface area (Å²) in [6.07, 6.45) is 3.85. The fourth-order valence-electron chi connectivity index (χ4n) is 3.66. The van der Waals surface area contributed by atoms with E-state index in [1.165, 1.54) is 27.8 Å². The summed E-state index contributed by atoms with van der Waals surface area (Å²) < 4.78 is 7.03. The van der Waals surface area contributed by atoms with Crippen LogP contribution < -0.4 is 19.0 Å². The monoisotopic (exact) mass is 519 g/mol. The van der Waals surface area contributed by atoms with Gasteiger partial charge in [-0.05, 0) is 0 Å². The van der Waals surface area contributed by atoms with Crippen LogP contribution in [0.1, 0.15) is 16.7 Å². The molecule has 10 heteroatoms. The first kappa shape index (κ1) is 24.3. The van der Waals surface area contributed by atoms with E-state index in [1.807, 2.05) is 33.3 Å². The zero-order valence-corrected chi connectivity index (χ0v) is 20.3. The third-order valence-electron chi connectivity index (χ3n) is 5.13. The number of aliphatic hydroxyl groups is 1. The average molecular weight is 519 g/mol. The molecule has 2 aliphatic rings. The van der Waals surface area contributed by atoms with Crippen LogP contribution in [0, 0.1) is 17.0 Å². The summed E-state index contributed by atoms with van der Waals surface area (Å²) in [5, 5.41) is 20.9. The van der Waals surface area contributed by atoms with Crippen LogP contribution in [0.3, 0.4) is 0 Å². The van der Waals surface area contributed by atoms with Crippen molar-refractivity contribution in [3.8, 4) is 5.75 Å². The van der Waals surface area contributed by atoms with Gasteiger partial charge in [0.05, 0.1) is 0 Å². The molecule has 0 aliphatic carbocycles. The van der Waals surface area contributed by atoms with Crippen LogP contribution in [0.25, 0.3) is 6.08 Å². The van der Waals surface area contributed by atoms with Gasteiger partial charge in [-0.15, -0.1) is 24.8 Å². The number of aryl methyl sites for hydroxylation is 1. The predicted octanol–water partition coefficient (Wildman–Crippen LogP) is 2.84. The van der Waals surface area contributed by atoms with Gasteiger partial charge < -0.3 is 0 Å². The summed E-state index contributed by atoms with van der Waals surface area (Å²) in [5.41, 5.74) is 4.50. The molecule has 0 bridgehead atoms. The molecule has 162 valence electrons. The summed E-state index contributed by atoms with van der Waals surface area (Å²) in [7, 11) is 6.06. The Bertz CT molecular complexity index is 1030. The molecule has 0 fully saturated rings. The molecule has 2 heterocycles. The third kappa shape index (κ3) is 3.74. The molecular weight excluding hydrogens is 496 g/mol. The molecule has 1 atom stereocenters. The number of hydrogen-bond donors (Lipinski definition) is 1. The Labute approximate surface area is 193 Å². The fraction of sp³-hybridized carbons (Fsp3) is 0.300. The number of aliphatic hydroxyl groups excluding tert-OH is 1. The molecule has 1 unspecified atom stereocenters. The molecule has 2 aliphatic heterocycles. The van der Waals surface area contributed by atoms with Crippen LogP contribution in [0.2, 0.25) is 0 Å². The van der Waals surface area contributed by atoms with Crippen molar-refractivity contribution in [1.29, 1.82) is 0 Å². The van der Waals surface area contributed by atoms with Crippen molar-refractivity contribution >= 4 is 67.4 Å². The quantitative estimate of drug-likeness (QED) is 0.382. The number of non-ortho nitro benzene ring substituents is 1. The van der Waals surface area contributed by atoms with Crippen molar-refractivity contribution in [2.45, 2.75) is 18.2 Å². The van der Waals surface area contributed by atoms with Gasteiger partial charge >= 0.3 is 169 Å². The van der Waals surface area contributed by atoms with Crippen LogP contribution in [-0.2, 0) is 6.61 Å². The summed E-state index contributed by atoms with van der Waals surface area (Å²) in [6.45, 7) is 1.78. The second-order valence-electron chi connectivity index (χ2n) is 7.17. The number of benzene rings is 2. The number of likely N-dealkylation sites (N-methyl/N-ethyl adjacent to an activating group) is 1. The van der Waals surface area contributed by atoms with Crippen molar-refractivity contribution < 1.29 is 14.8 Å². The zero-order valence-electron chi connectivity index (χ0n) is 16.9. The molecule has 1 spiro atoms. The van der Waals surface area contributed by atoms with Gasteiger partial charge in [0.2, 0.25) is 0 Å². The van der Waals surface area contributed by atoms with Gasteiger partial charge in [0.1, 0.15) is 0 Å². The Morgan fingerprint density at radius 2 is 1.97 bits per heavy atom. The molecule has 2 aromatic rings. The van der Waals surface area contributed by atoms with Crippen molar-refractivity contribution in [3.63, 3.8) is 0 Å². The predicted molar refractivity (Wildman–Crippen MR) is 125 cm³/mol. The van der Waals surface area contributed by atoms with E-state index >= 15 is 0 Å². The Morgan fingerprint density at radius 3 is 2.57 bits per heavy atom. The molecule has 2 aromatic carbocycles. The molecule has 0 saturated heterocycles. The number of rotatable bonds is 3. The largest absolute Gasteiger partial charge is 0.147 e. The zero-order chi connectivity index (χ0) is 20.2. The van der Waals surface area contributed by atoms with E-state index in [9.17, 15) is 15.2 Å². The summed E-state index contributed by atoms with van der Waals surface area (Å²) in [6, 6.07) is 7.26. The van der Waals surface area contributed by atoms with E-state index in [0.29, 0.717) is 16.9 Å². The average Bonchev–Trinajstić information content (AvgIpc) is 2.91. The minimum atomic E-state index is -0.653. The van der Waals surface area contributed by atoms with Gasteiger partial charge in [0.15, 0.2) is 0 Å². The number of anilines is 2. The number of nitro groups is 1. The number of fused-ring (bicyclic) bond motifs is 2. The Kier molecular flexibility index (Phi) is 7.01. The van der Waals surface area contributed by atoms with Gasteiger partial charge in [-0.25, -0.2) is 0 Å². The fourth-order valence-corrected chi connectivity index (χ4v) is 6.35. The normalized spacial score (nSPS) is 18.1. The van der Waals surface area contributed by atoms with Crippen LogP contribution >= 0.6 is 24.8 Å². The Balaban J connectivity index is 0.00000160. The van der Waals surface area contributed by atoms with Crippen molar-refractivity contribution in [3.05, 3.63) is 57.1 Å². The van der Waals surface area contributed by atoms with E-state index in [2.05, 4.69) is 28.9 Å². The number of halogens is 2. The standard InChI is InChI=1S/C20H21N3O4Se.2ClH/c1-12-7-17-18(10-16(12)21(2)3)28-20(22(17)4)6-5-13-8-15(23(25)26)9-14(11-24)19(13)27-20;;/h5-10,24H,11H2,1-4H3;2*1H. The van der Waals surface area contributed by atoms with Crippen molar-refractivity contribution in [2.75, 3.05) is 30.9 Å². The Hall–Kier alpha value is -1.96. The van der Waals surface area contributed by atoms with Crippen molar-refractivity contribution in [1.82, 2.24) is 0 Å². The van der Waals surface area contributed by atoms with Gasteiger partial charge in [-0.2, -0.15) is 0 Å². The summed E-state index contributed by atoms with van der Waals surface area (Å²) in [4.78, 5) is 14.9. The minimum absolute atomic E-state index is 0. The second kappa shape index (κ2) is 8.65. The molecular formula is C20H23Cl2N3O4Se. The molecule has 0 aromatic heterocycles. The first-order chi connectivity index (χ1) is 13.3. The first-order valence-corrected chi connectivity index (χ1v) is 10.5. The molecule has 30 heavy (non-hydrogen) atoms. The molecule has 0 saturated carbocycles. The summed E-state index contributed by atoms with van der Waals surface area (Å²) >= 11 is -0.0434. The minimum Gasteiger partial charge on any atom is -0.147 e. The van der Waals surface area contributed by atoms with Gasteiger partial charge in [-0.3, -0.25) is 0 Å². The van der Waals surface area contributed by atoms with Crippen LogP contribution in [0.4, 0.5) is 17.1 Å². The SMILES string of the molecule is Cc1cc2c(cc1N(C)C)[Se]C1(C=Cc3cc([N+](=O)[O-])cc(CO)c3O1)N2C.Cl.Cl. The maximum absolute atomic E-state index is 11.2. The van der Waals surface area contributed by atoms with Crippen molar-refractivity contribution in [2.24, 2.45) is 0 Å². The maximum atomic E-state index is 11.2. The number of nitrogens with zero attached hydrogens (tertiary/aromatic N) is 3.